The van der Waals surface area contributed by atoms with Crippen molar-refractivity contribution in [3.05, 3.63) is 54.1 Å². The number of azo groups is 1. The van der Waals surface area contributed by atoms with Gasteiger partial charge >= 0.3 is 5.91 Å². The molecule has 3 rings (SSSR count). The van der Waals surface area contributed by atoms with E-state index >= 15 is 0 Å². The number of hydrogen-bond acceptors (Lipinski definition) is 5. The average Bonchev–Trinajstić information content (AvgIpc) is 2.95. The number of hydrogen-bond donors (Lipinski definition) is 2. The van der Waals surface area contributed by atoms with Crippen LogP contribution in [0, 0.1) is 11.3 Å². The van der Waals surface area contributed by atoms with Gasteiger partial charge in [-0.3, -0.25) is 4.79 Å². The van der Waals surface area contributed by atoms with Crippen molar-refractivity contribution >= 4 is 28.3 Å². The Morgan fingerprint density at radius 1 is 1.17 bits per heavy atom. The van der Waals surface area contributed by atoms with Gasteiger partial charge in [-0.15, -0.1) is 10.2 Å². The van der Waals surface area contributed by atoms with Gasteiger partial charge in [0.1, 0.15) is 11.6 Å². The molecule has 0 aliphatic rings. The van der Waals surface area contributed by atoms with Crippen LogP contribution in [0.25, 0.3) is 10.8 Å². The predicted octanol–water partition coefficient (Wildman–Crippen LogP) is 3.31. The second-order valence-corrected chi connectivity index (χ2v) is 4.95. The monoisotopic (exact) mass is 319 g/mol. The Hall–Kier alpha value is -3.66. The number of nitriles is 1. The number of fused-ring (bicyclic) bond motifs is 1. The van der Waals surface area contributed by atoms with Crippen molar-refractivity contribution in [2.24, 2.45) is 10.2 Å². The number of ether oxygens (including phenoxy) is 1. The van der Waals surface area contributed by atoms with Crippen molar-refractivity contribution in [2.75, 3.05) is 12.3 Å². The summed E-state index contributed by atoms with van der Waals surface area (Å²) in [7, 11) is 0. The van der Waals surface area contributed by atoms with E-state index in [4.69, 9.17) is 15.7 Å². The number of amides is 1. The molecule has 0 saturated carbocycles. The van der Waals surface area contributed by atoms with Crippen molar-refractivity contribution in [3.8, 4) is 11.8 Å². The smallest absolute Gasteiger partial charge is 0.302 e. The number of carbonyl (C=O) groups excluding carboxylic acids is 1. The molecule has 1 heterocycles. The SMILES string of the molecule is N#Cc1ccc(OCC(=O)N=Nc2[nH]c(N)c3ccccc23)cc1. The summed E-state index contributed by atoms with van der Waals surface area (Å²) in [4.78, 5) is 14.7. The highest BCUT2D eigenvalue weighted by Gasteiger charge is 2.07. The van der Waals surface area contributed by atoms with Crippen molar-refractivity contribution in [2.45, 2.75) is 0 Å². The van der Waals surface area contributed by atoms with Crippen LogP contribution in [-0.4, -0.2) is 17.5 Å². The zero-order chi connectivity index (χ0) is 16.9. The van der Waals surface area contributed by atoms with E-state index in [1.54, 1.807) is 24.3 Å². The number of aromatic amines is 1. The highest BCUT2D eigenvalue weighted by molar-refractivity contribution is 5.99. The van der Waals surface area contributed by atoms with Gasteiger partial charge in [-0.2, -0.15) is 5.26 Å². The summed E-state index contributed by atoms with van der Waals surface area (Å²) in [5.41, 5.74) is 6.37. The number of H-pyrrole nitrogens is 1. The Labute approximate surface area is 137 Å². The van der Waals surface area contributed by atoms with Crippen molar-refractivity contribution in [3.63, 3.8) is 0 Å². The molecule has 7 nitrogen and oxygen atoms in total. The molecule has 3 aromatic rings. The van der Waals surface area contributed by atoms with E-state index in [0.29, 0.717) is 22.9 Å². The van der Waals surface area contributed by atoms with Crippen LogP contribution in [0.4, 0.5) is 11.6 Å². The number of aromatic nitrogens is 1. The highest BCUT2D eigenvalue weighted by atomic mass is 16.5. The van der Waals surface area contributed by atoms with E-state index in [0.717, 1.165) is 10.8 Å². The fourth-order valence-electron chi connectivity index (χ4n) is 2.17. The molecule has 118 valence electrons. The lowest BCUT2D eigenvalue weighted by Gasteiger charge is -2.02. The molecule has 24 heavy (non-hydrogen) atoms. The lowest BCUT2D eigenvalue weighted by Crippen LogP contribution is -2.07. The number of nitrogen functional groups attached to an aromatic ring is 1. The van der Waals surface area contributed by atoms with Gasteiger partial charge in [0.25, 0.3) is 0 Å². The maximum atomic E-state index is 11.8. The average molecular weight is 319 g/mol. The van der Waals surface area contributed by atoms with E-state index in [2.05, 4.69) is 15.2 Å². The Kier molecular flexibility index (Phi) is 4.21. The van der Waals surface area contributed by atoms with Gasteiger partial charge < -0.3 is 15.5 Å². The molecule has 3 N–H and O–H groups in total. The first-order chi connectivity index (χ1) is 11.7. The largest absolute Gasteiger partial charge is 0.484 e. The molecular formula is C17H13N5O2. The van der Waals surface area contributed by atoms with E-state index in [-0.39, 0.29) is 6.61 Å². The quantitative estimate of drug-likeness (QED) is 0.717. The number of nitrogens with two attached hydrogens (primary N) is 1. The standard InChI is InChI=1S/C17H13N5O2/c18-9-11-5-7-12(8-6-11)24-10-15(23)21-22-17-14-4-2-1-3-13(14)16(19)20-17/h1-8,20H,10,19H2. The molecule has 0 radical (unpaired) electrons. The van der Waals surface area contributed by atoms with Gasteiger partial charge in [0.2, 0.25) is 0 Å². The predicted molar refractivity (Wildman–Crippen MR) is 88.9 cm³/mol. The maximum Gasteiger partial charge on any atom is 0.302 e. The van der Waals surface area contributed by atoms with Crippen LogP contribution in [0.2, 0.25) is 0 Å². The first-order valence-electron chi connectivity index (χ1n) is 7.11. The number of benzene rings is 2. The molecule has 0 spiro atoms. The maximum absolute atomic E-state index is 11.8. The number of rotatable bonds is 4. The van der Waals surface area contributed by atoms with E-state index in [1.165, 1.54) is 0 Å². The van der Waals surface area contributed by atoms with Gasteiger partial charge in [-0.25, -0.2) is 0 Å². The minimum Gasteiger partial charge on any atom is -0.484 e. The fraction of sp³-hybridized carbons (Fsp3) is 0.0588. The minimum absolute atomic E-state index is 0.247. The lowest BCUT2D eigenvalue weighted by molar-refractivity contribution is -0.120. The molecule has 2 aromatic carbocycles. The Morgan fingerprint density at radius 2 is 1.88 bits per heavy atom. The molecule has 0 unspecified atom stereocenters. The molecule has 1 aromatic heterocycles. The summed E-state index contributed by atoms with van der Waals surface area (Å²) in [6, 6.07) is 15.9. The second kappa shape index (κ2) is 6.62. The molecular weight excluding hydrogens is 306 g/mol. The van der Waals surface area contributed by atoms with Gasteiger partial charge in [0.05, 0.1) is 11.6 Å². The molecule has 0 aliphatic carbocycles. The van der Waals surface area contributed by atoms with Crippen molar-refractivity contribution in [1.82, 2.24) is 4.98 Å². The summed E-state index contributed by atoms with van der Waals surface area (Å²) in [6.45, 7) is -0.247. The molecule has 7 heteroatoms. The van der Waals surface area contributed by atoms with Gasteiger partial charge in [0.15, 0.2) is 12.4 Å². The topological polar surface area (TPSA) is 117 Å². The number of nitrogens with zero attached hydrogens (tertiary/aromatic N) is 3. The molecule has 0 atom stereocenters. The van der Waals surface area contributed by atoms with Crippen LogP contribution in [-0.2, 0) is 4.79 Å². The summed E-state index contributed by atoms with van der Waals surface area (Å²) in [5.74, 6) is 0.847. The first-order valence-corrected chi connectivity index (χ1v) is 7.11. The van der Waals surface area contributed by atoms with Crippen LogP contribution in [0.3, 0.4) is 0 Å². The molecule has 0 bridgehead atoms. The third-order valence-electron chi connectivity index (χ3n) is 3.33. The van der Waals surface area contributed by atoms with Crippen LogP contribution >= 0.6 is 0 Å². The van der Waals surface area contributed by atoms with Crippen LogP contribution in [0.15, 0.2) is 58.8 Å². The van der Waals surface area contributed by atoms with E-state index in [9.17, 15) is 4.79 Å². The summed E-state index contributed by atoms with van der Waals surface area (Å²) in [5, 5.41) is 17.9. The van der Waals surface area contributed by atoms with Crippen LogP contribution < -0.4 is 10.5 Å². The van der Waals surface area contributed by atoms with E-state index < -0.39 is 5.91 Å². The van der Waals surface area contributed by atoms with Crippen molar-refractivity contribution in [1.29, 1.82) is 5.26 Å². The van der Waals surface area contributed by atoms with Crippen LogP contribution in [0.5, 0.6) is 5.75 Å². The number of anilines is 1. The number of nitrogens with one attached hydrogen (secondary N) is 1. The Morgan fingerprint density at radius 3 is 2.58 bits per heavy atom. The number of carbonyl (C=O) groups is 1. The van der Waals surface area contributed by atoms with Gasteiger partial charge in [0, 0.05) is 10.8 Å². The van der Waals surface area contributed by atoms with E-state index in [1.807, 2.05) is 30.3 Å². The zero-order valence-electron chi connectivity index (χ0n) is 12.6. The molecule has 1 amide bonds. The third kappa shape index (κ3) is 3.23. The molecule has 0 saturated heterocycles. The highest BCUT2D eigenvalue weighted by Crippen LogP contribution is 2.30. The lowest BCUT2D eigenvalue weighted by atomic mass is 10.2. The Bertz CT molecular complexity index is 951. The second-order valence-electron chi connectivity index (χ2n) is 4.95. The summed E-state index contributed by atoms with van der Waals surface area (Å²) in [6.07, 6.45) is 0. The zero-order valence-corrected chi connectivity index (χ0v) is 12.6. The van der Waals surface area contributed by atoms with Crippen LogP contribution in [0.1, 0.15) is 5.56 Å². The van der Waals surface area contributed by atoms with Gasteiger partial charge in [-0.1, -0.05) is 24.3 Å². The Balaban J connectivity index is 1.65. The summed E-state index contributed by atoms with van der Waals surface area (Å²) >= 11 is 0. The minimum atomic E-state index is -0.531. The molecule has 0 aliphatic heterocycles. The fourth-order valence-corrected chi connectivity index (χ4v) is 2.17. The molecule has 0 fully saturated rings. The third-order valence-corrected chi connectivity index (χ3v) is 3.33. The van der Waals surface area contributed by atoms with Crippen molar-refractivity contribution < 1.29 is 9.53 Å². The first kappa shape index (κ1) is 15.2. The van der Waals surface area contributed by atoms with Gasteiger partial charge in [-0.05, 0) is 24.3 Å². The normalized spacial score (nSPS) is 10.8. The summed E-state index contributed by atoms with van der Waals surface area (Å²) < 4.78 is 5.30.